The number of hydrogen-bond acceptors (Lipinski definition) is 10. The van der Waals surface area contributed by atoms with Gasteiger partial charge in [0.15, 0.2) is 11.5 Å². The third-order valence-electron chi connectivity index (χ3n) is 6.45. The number of carbonyl (C=O) groups is 1. The summed E-state index contributed by atoms with van der Waals surface area (Å²) in [5.74, 6) is -0.656. The fourth-order valence-electron chi connectivity index (χ4n) is 4.43. The molecule has 5 rings (SSSR count). The molecule has 0 amide bonds. The summed E-state index contributed by atoms with van der Waals surface area (Å²) >= 11 is 0. The standard InChI is InChI=1S/C27H30N7O5P/c28-25-24-26(31-17-30-25)34(18-32-24)22-12-11-21(13-22)16-38-40(29,36)39-27(35)23(14-19-7-3-1-4-8-19)33-37-15-20-9-5-2-6-10-20/h1-12,17-18,21-23,33H,13-16H2,(H2,29,36)(H2,28,30,31)/t21-,22+,23+,40?/m0/s1. The van der Waals surface area contributed by atoms with Crippen LogP contribution in [-0.4, -0.2) is 38.1 Å². The predicted octanol–water partition coefficient (Wildman–Crippen LogP) is 3.49. The molecule has 0 fully saturated rings. The molecule has 0 bridgehead atoms. The van der Waals surface area contributed by atoms with Gasteiger partial charge in [-0.15, -0.1) is 0 Å². The fourth-order valence-corrected chi connectivity index (χ4v) is 5.26. The Hall–Kier alpha value is -3.93. The van der Waals surface area contributed by atoms with E-state index >= 15 is 0 Å². The van der Waals surface area contributed by atoms with Crippen molar-refractivity contribution in [3.63, 3.8) is 0 Å². The minimum Gasteiger partial charge on any atom is -0.382 e. The molecule has 2 aromatic heterocycles. The number of benzene rings is 2. The van der Waals surface area contributed by atoms with Crippen molar-refractivity contribution in [3.05, 3.63) is 96.6 Å². The van der Waals surface area contributed by atoms with Gasteiger partial charge in [0.2, 0.25) is 0 Å². The SMILES string of the molecule is Nc1ncnc2c1ncn2[C@@H]1C=C[C@H](COP(N)(=O)OC(=O)[C@@H](Cc2ccccc2)NOCc2ccccc2)C1. The Kier molecular flexibility index (Phi) is 8.63. The predicted molar refractivity (Wildman–Crippen MR) is 148 cm³/mol. The van der Waals surface area contributed by atoms with Crippen LogP contribution in [0.2, 0.25) is 0 Å². The maximum atomic E-state index is 13.0. The Labute approximate surface area is 230 Å². The van der Waals surface area contributed by atoms with Gasteiger partial charge in [0.05, 0.1) is 25.6 Å². The van der Waals surface area contributed by atoms with E-state index in [9.17, 15) is 9.36 Å². The molecule has 12 nitrogen and oxygen atoms in total. The molecule has 1 unspecified atom stereocenters. The maximum Gasteiger partial charge on any atom is 0.458 e. The van der Waals surface area contributed by atoms with Crippen molar-refractivity contribution in [1.29, 1.82) is 0 Å². The quantitative estimate of drug-likeness (QED) is 0.131. The number of nitrogen functional groups attached to an aromatic ring is 1. The molecule has 2 aromatic carbocycles. The lowest BCUT2D eigenvalue weighted by molar-refractivity contribution is -0.142. The van der Waals surface area contributed by atoms with Crippen molar-refractivity contribution in [2.75, 3.05) is 12.3 Å². The first-order valence-electron chi connectivity index (χ1n) is 12.7. The van der Waals surface area contributed by atoms with E-state index in [-0.39, 0.29) is 31.6 Å². The molecule has 0 saturated heterocycles. The number of imidazole rings is 1. The Balaban J connectivity index is 1.16. The molecule has 13 heteroatoms. The molecule has 4 atom stereocenters. The minimum absolute atomic E-state index is 0.000895. The summed E-state index contributed by atoms with van der Waals surface area (Å²) in [7, 11) is -4.21. The summed E-state index contributed by atoms with van der Waals surface area (Å²) in [4.78, 5) is 31.1. The smallest absolute Gasteiger partial charge is 0.382 e. The zero-order valence-corrected chi connectivity index (χ0v) is 22.5. The van der Waals surface area contributed by atoms with Crippen molar-refractivity contribution >= 4 is 30.7 Å². The highest BCUT2D eigenvalue weighted by atomic mass is 31.2. The number of hydroxylamine groups is 1. The number of rotatable bonds is 12. The summed E-state index contributed by atoms with van der Waals surface area (Å²) in [6.07, 6.45) is 7.80. The van der Waals surface area contributed by atoms with E-state index in [0.29, 0.717) is 23.4 Å². The number of nitrogens with one attached hydrogen (secondary N) is 1. The fraction of sp³-hybridized carbons (Fsp3) is 0.259. The van der Waals surface area contributed by atoms with Gasteiger partial charge in [-0.3, -0.25) is 9.36 Å². The van der Waals surface area contributed by atoms with E-state index in [1.165, 1.54) is 6.33 Å². The average molecular weight is 564 g/mol. The van der Waals surface area contributed by atoms with E-state index < -0.39 is 19.8 Å². The molecule has 5 N–H and O–H groups in total. The van der Waals surface area contributed by atoms with Gasteiger partial charge >= 0.3 is 13.7 Å². The highest BCUT2D eigenvalue weighted by Crippen LogP contribution is 2.42. The lowest BCUT2D eigenvalue weighted by Gasteiger charge is -2.21. The summed E-state index contributed by atoms with van der Waals surface area (Å²) in [6.45, 7) is 0.218. The number of hydrogen-bond donors (Lipinski definition) is 3. The number of nitrogens with zero attached hydrogens (tertiary/aromatic N) is 4. The summed E-state index contributed by atoms with van der Waals surface area (Å²) < 4.78 is 25.4. The molecule has 4 aromatic rings. The Morgan fingerprint density at radius 3 is 2.52 bits per heavy atom. The van der Waals surface area contributed by atoms with Crippen LogP contribution in [0.3, 0.4) is 0 Å². The second-order valence-electron chi connectivity index (χ2n) is 9.41. The second kappa shape index (κ2) is 12.5. The molecule has 0 spiro atoms. The van der Waals surface area contributed by atoms with Crippen molar-refractivity contribution < 1.29 is 23.2 Å². The zero-order chi connectivity index (χ0) is 28.0. The lowest BCUT2D eigenvalue weighted by Crippen LogP contribution is -2.40. The molecule has 0 radical (unpaired) electrons. The van der Waals surface area contributed by atoms with Gasteiger partial charge in [0.25, 0.3) is 0 Å². The number of allylic oxidation sites excluding steroid dienone is 1. The van der Waals surface area contributed by atoms with Crippen molar-refractivity contribution in [3.8, 4) is 0 Å². The van der Waals surface area contributed by atoms with E-state index in [1.807, 2.05) is 77.4 Å². The van der Waals surface area contributed by atoms with Crippen molar-refractivity contribution in [1.82, 2.24) is 25.0 Å². The summed E-state index contributed by atoms with van der Waals surface area (Å²) in [5, 5.41) is 0. The van der Waals surface area contributed by atoms with Crippen molar-refractivity contribution in [2.45, 2.75) is 31.5 Å². The first-order chi connectivity index (χ1) is 19.4. The largest absolute Gasteiger partial charge is 0.458 e. The van der Waals surface area contributed by atoms with Gasteiger partial charge in [-0.1, -0.05) is 72.8 Å². The van der Waals surface area contributed by atoms with E-state index in [4.69, 9.17) is 25.1 Å². The van der Waals surface area contributed by atoms with Gasteiger partial charge in [0.1, 0.15) is 17.9 Å². The zero-order valence-electron chi connectivity index (χ0n) is 21.6. The first-order valence-corrected chi connectivity index (χ1v) is 14.3. The highest BCUT2D eigenvalue weighted by molar-refractivity contribution is 7.51. The van der Waals surface area contributed by atoms with E-state index in [2.05, 4.69) is 20.4 Å². The molecule has 0 aliphatic heterocycles. The van der Waals surface area contributed by atoms with Crippen LogP contribution in [0.4, 0.5) is 5.82 Å². The van der Waals surface area contributed by atoms with E-state index in [1.54, 1.807) is 6.33 Å². The number of aromatic nitrogens is 4. The first kappa shape index (κ1) is 27.6. The Morgan fingerprint density at radius 1 is 1.05 bits per heavy atom. The minimum atomic E-state index is -4.21. The topological polar surface area (TPSA) is 169 Å². The van der Waals surface area contributed by atoms with Crippen LogP contribution in [0.1, 0.15) is 23.6 Å². The van der Waals surface area contributed by atoms with Gasteiger partial charge in [-0.2, -0.15) is 5.48 Å². The number of carbonyl (C=O) groups excluding carboxylic acids is 1. The van der Waals surface area contributed by atoms with Crippen LogP contribution in [0.25, 0.3) is 11.2 Å². The van der Waals surface area contributed by atoms with Gasteiger partial charge in [-0.05, 0) is 17.5 Å². The van der Waals surface area contributed by atoms with Crippen LogP contribution in [0, 0.1) is 5.92 Å². The normalized spacial score (nSPS) is 18.9. The summed E-state index contributed by atoms with van der Waals surface area (Å²) in [5.41, 5.74) is 17.4. The molecule has 208 valence electrons. The lowest BCUT2D eigenvalue weighted by atomic mass is 10.1. The van der Waals surface area contributed by atoms with Crippen LogP contribution in [-0.2, 0) is 36.3 Å². The number of fused-ring (bicyclic) bond motifs is 1. The molecular weight excluding hydrogens is 533 g/mol. The van der Waals surface area contributed by atoms with Gasteiger partial charge < -0.3 is 14.8 Å². The molecule has 1 aliphatic carbocycles. The van der Waals surface area contributed by atoms with Crippen LogP contribution in [0.5, 0.6) is 0 Å². The van der Waals surface area contributed by atoms with Gasteiger partial charge in [-0.25, -0.2) is 29.8 Å². The maximum absolute atomic E-state index is 13.0. The second-order valence-corrected chi connectivity index (χ2v) is 10.9. The van der Waals surface area contributed by atoms with Crippen LogP contribution >= 0.6 is 7.75 Å². The molecule has 1 aliphatic rings. The van der Waals surface area contributed by atoms with E-state index in [0.717, 1.165) is 11.1 Å². The molecule has 2 heterocycles. The monoisotopic (exact) mass is 563 g/mol. The number of anilines is 1. The third kappa shape index (κ3) is 6.98. The Bertz CT molecular complexity index is 1520. The molecular formula is C27H30N7O5P. The molecule has 40 heavy (non-hydrogen) atoms. The average Bonchev–Trinajstić information content (AvgIpc) is 3.60. The Morgan fingerprint density at radius 2 is 1.77 bits per heavy atom. The van der Waals surface area contributed by atoms with Crippen LogP contribution in [0.15, 0.2) is 85.5 Å². The summed E-state index contributed by atoms with van der Waals surface area (Å²) in [6, 6.07) is 17.8. The number of nitrogens with two attached hydrogens (primary N) is 2. The van der Waals surface area contributed by atoms with Crippen LogP contribution < -0.4 is 16.7 Å². The highest BCUT2D eigenvalue weighted by Gasteiger charge is 2.32. The third-order valence-corrected chi connectivity index (χ3v) is 7.40. The molecule has 0 saturated carbocycles. The van der Waals surface area contributed by atoms with Crippen molar-refractivity contribution in [2.24, 2.45) is 11.4 Å². The van der Waals surface area contributed by atoms with Gasteiger partial charge in [0, 0.05) is 12.3 Å².